The maximum absolute atomic E-state index is 13.9. The highest BCUT2D eigenvalue weighted by molar-refractivity contribution is 5.72. The Morgan fingerprint density at radius 2 is 2.18 bits per heavy atom. The molecule has 1 N–H and O–H groups in total. The number of ether oxygens (including phenoxy) is 1. The van der Waals surface area contributed by atoms with Crippen LogP contribution in [0.25, 0.3) is 0 Å². The van der Waals surface area contributed by atoms with Gasteiger partial charge in [-0.15, -0.1) is 0 Å². The van der Waals surface area contributed by atoms with Crippen LogP contribution in [0.3, 0.4) is 0 Å². The first-order valence-corrected chi connectivity index (χ1v) is 5.71. The Bertz CT molecular complexity index is 452. The summed E-state index contributed by atoms with van der Waals surface area (Å²) in [5, 5.41) is 3.17. The number of benzene rings is 1. The summed E-state index contributed by atoms with van der Waals surface area (Å²) in [6.07, 6.45) is 0. The molecule has 2 aliphatic rings. The number of hydrogen-bond donors (Lipinski definition) is 1. The second-order valence-electron chi connectivity index (χ2n) is 4.61. The Morgan fingerprint density at radius 3 is 3.00 bits per heavy atom. The minimum Gasteiger partial charge on any atom is -0.383 e. The van der Waals surface area contributed by atoms with E-state index in [0.29, 0.717) is 30.5 Å². The maximum atomic E-state index is 13.9. The number of hydrogen-bond acceptors (Lipinski definition) is 3. The van der Waals surface area contributed by atoms with Gasteiger partial charge >= 0.3 is 0 Å². The van der Waals surface area contributed by atoms with Gasteiger partial charge in [0.2, 0.25) is 0 Å². The van der Waals surface area contributed by atoms with Crippen LogP contribution in [0.4, 0.5) is 20.2 Å². The van der Waals surface area contributed by atoms with Gasteiger partial charge in [0.05, 0.1) is 30.6 Å². The fourth-order valence-corrected chi connectivity index (χ4v) is 2.64. The molecule has 3 nitrogen and oxygen atoms in total. The lowest BCUT2D eigenvalue weighted by atomic mass is 10.0. The van der Waals surface area contributed by atoms with E-state index in [4.69, 9.17) is 4.74 Å². The second-order valence-corrected chi connectivity index (χ2v) is 4.61. The van der Waals surface area contributed by atoms with Crippen LogP contribution in [-0.2, 0) is 4.74 Å². The molecule has 1 saturated heterocycles. The number of rotatable bonds is 0. The van der Waals surface area contributed by atoms with Crippen molar-refractivity contribution in [1.82, 2.24) is 0 Å². The highest BCUT2D eigenvalue weighted by Gasteiger charge is 2.36. The molecule has 2 heterocycles. The zero-order valence-electron chi connectivity index (χ0n) is 9.54. The summed E-state index contributed by atoms with van der Waals surface area (Å²) in [5.74, 6) is -1.28. The van der Waals surface area contributed by atoms with Crippen LogP contribution in [0.1, 0.15) is 0 Å². The third-order valence-corrected chi connectivity index (χ3v) is 3.64. The lowest BCUT2D eigenvalue weighted by molar-refractivity contribution is 0.185. The first kappa shape index (κ1) is 10.8. The largest absolute Gasteiger partial charge is 0.383 e. The summed E-state index contributed by atoms with van der Waals surface area (Å²) in [4.78, 5) is 1.80. The zero-order chi connectivity index (χ0) is 12.0. The maximum Gasteiger partial charge on any atom is 0.184 e. The third kappa shape index (κ3) is 1.57. The van der Waals surface area contributed by atoms with E-state index in [2.05, 4.69) is 5.32 Å². The molecule has 2 atom stereocenters. The molecule has 17 heavy (non-hydrogen) atoms. The molecule has 0 aromatic heterocycles. The van der Waals surface area contributed by atoms with Crippen LogP contribution < -0.4 is 10.2 Å². The Balaban J connectivity index is 2.09. The highest BCUT2D eigenvalue weighted by atomic mass is 19.2. The topological polar surface area (TPSA) is 24.5 Å². The minimum absolute atomic E-state index is 0.111. The van der Waals surface area contributed by atoms with E-state index in [1.165, 1.54) is 0 Å². The summed E-state index contributed by atoms with van der Waals surface area (Å²) >= 11 is 0. The predicted octanol–water partition coefficient (Wildman–Crippen LogP) is 1.84. The minimum atomic E-state index is -0.810. The summed E-state index contributed by atoms with van der Waals surface area (Å²) in [6.45, 7) is 1.96. The summed E-state index contributed by atoms with van der Waals surface area (Å²) in [6, 6.07) is 2.86. The van der Waals surface area contributed by atoms with Gasteiger partial charge in [0.25, 0.3) is 0 Å². The zero-order valence-corrected chi connectivity index (χ0v) is 9.54. The van der Waals surface area contributed by atoms with Crippen LogP contribution in [0.2, 0.25) is 0 Å². The molecular formula is C12H14F2N2O. The average Bonchev–Trinajstić information content (AvgIpc) is 2.73. The van der Waals surface area contributed by atoms with E-state index < -0.39 is 11.6 Å². The normalized spacial score (nSPS) is 27.1. The Labute approximate surface area is 98.4 Å². The van der Waals surface area contributed by atoms with E-state index in [1.54, 1.807) is 18.0 Å². The molecule has 0 saturated carbocycles. The monoisotopic (exact) mass is 240 g/mol. The van der Waals surface area contributed by atoms with Crippen molar-refractivity contribution in [3.63, 3.8) is 0 Å². The van der Waals surface area contributed by atoms with Gasteiger partial charge in [0, 0.05) is 19.5 Å². The molecule has 2 aliphatic heterocycles. The van der Waals surface area contributed by atoms with Crippen molar-refractivity contribution in [1.29, 1.82) is 0 Å². The van der Waals surface area contributed by atoms with Crippen molar-refractivity contribution < 1.29 is 13.5 Å². The van der Waals surface area contributed by atoms with E-state index in [0.717, 1.165) is 12.6 Å². The van der Waals surface area contributed by atoms with Gasteiger partial charge < -0.3 is 15.0 Å². The van der Waals surface area contributed by atoms with Gasteiger partial charge in [-0.25, -0.2) is 8.78 Å². The van der Waals surface area contributed by atoms with Gasteiger partial charge in [0.1, 0.15) is 0 Å². The molecule has 0 spiro atoms. The molecule has 3 rings (SSSR count). The molecule has 5 heteroatoms. The van der Waals surface area contributed by atoms with Crippen molar-refractivity contribution in [2.75, 3.05) is 37.0 Å². The average molecular weight is 240 g/mol. The van der Waals surface area contributed by atoms with Crippen LogP contribution in [0, 0.1) is 17.6 Å². The van der Waals surface area contributed by atoms with E-state index >= 15 is 0 Å². The molecule has 1 aromatic carbocycles. The third-order valence-electron chi connectivity index (χ3n) is 3.64. The van der Waals surface area contributed by atoms with Crippen LogP contribution in [0.5, 0.6) is 0 Å². The second kappa shape index (κ2) is 3.84. The van der Waals surface area contributed by atoms with Crippen LogP contribution >= 0.6 is 0 Å². The summed E-state index contributed by atoms with van der Waals surface area (Å²) < 4.78 is 32.6. The number of likely N-dealkylation sites (N-methyl/N-ethyl adjacent to an activating group) is 1. The van der Waals surface area contributed by atoms with Crippen molar-refractivity contribution in [3.05, 3.63) is 23.8 Å². The standard InChI is InChI=1S/C12H14F2N2O/c1-16-10-6-17-5-7(10)4-15-9-3-2-8(13)11(14)12(9)16/h2-3,7,10,15H,4-6H2,1H3. The lowest BCUT2D eigenvalue weighted by Gasteiger charge is -2.27. The fourth-order valence-electron chi connectivity index (χ4n) is 2.64. The van der Waals surface area contributed by atoms with Crippen molar-refractivity contribution >= 4 is 11.4 Å². The Morgan fingerprint density at radius 1 is 1.35 bits per heavy atom. The Kier molecular flexibility index (Phi) is 2.43. The van der Waals surface area contributed by atoms with Gasteiger partial charge in [-0.3, -0.25) is 0 Å². The molecule has 0 radical (unpaired) electrons. The first-order chi connectivity index (χ1) is 8.18. The SMILES string of the molecule is CN1c2c(ccc(F)c2F)NCC2COCC21. The van der Waals surface area contributed by atoms with Crippen molar-refractivity contribution in [2.24, 2.45) is 5.92 Å². The van der Waals surface area contributed by atoms with Gasteiger partial charge in [0.15, 0.2) is 11.6 Å². The molecule has 1 aromatic rings. The lowest BCUT2D eigenvalue weighted by Crippen LogP contribution is -2.38. The van der Waals surface area contributed by atoms with Gasteiger partial charge in [-0.2, -0.15) is 0 Å². The van der Waals surface area contributed by atoms with E-state index in [-0.39, 0.29) is 6.04 Å². The number of nitrogens with zero attached hydrogens (tertiary/aromatic N) is 1. The highest BCUT2D eigenvalue weighted by Crippen LogP contribution is 2.36. The van der Waals surface area contributed by atoms with Crippen LogP contribution in [0.15, 0.2) is 12.1 Å². The number of nitrogens with one attached hydrogen (secondary N) is 1. The fraction of sp³-hybridized carbons (Fsp3) is 0.500. The van der Waals surface area contributed by atoms with E-state index in [1.807, 2.05) is 0 Å². The molecule has 0 aliphatic carbocycles. The van der Waals surface area contributed by atoms with E-state index in [9.17, 15) is 8.78 Å². The summed E-state index contributed by atoms with van der Waals surface area (Å²) in [7, 11) is 1.79. The van der Waals surface area contributed by atoms with Gasteiger partial charge in [-0.1, -0.05) is 0 Å². The summed E-state index contributed by atoms with van der Waals surface area (Å²) in [5.41, 5.74) is 0.962. The smallest absolute Gasteiger partial charge is 0.184 e. The molecule has 1 fully saturated rings. The predicted molar refractivity (Wildman–Crippen MR) is 61.3 cm³/mol. The van der Waals surface area contributed by atoms with Crippen molar-refractivity contribution in [3.8, 4) is 0 Å². The molecule has 0 amide bonds. The van der Waals surface area contributed by atoms with Crippen LogP contribution in [-0.4, -0.2) is 32.8 Å². The first-order valence-electron chi connectivity index (χ1n) is 5.71. The molecule has 92 valence electrons. The van der Waals surface area contributed by atoms with Gasteiger partial charge in [-0.05, 0) is 12.1 Å². The molecule has 2 unspecified atom stereocenters. The Hall–Kier alpha value is -1.36. The number of fused-ring (bicyclic) bond motifs is 2. The molecule has 0 bridgehead atoms. The molecular weight excluding hydrogens is 226 g/mol. The number of anilines is 2. The number of halogens is 2. The van der Waals surface area contributed by atoms with Crippen molar-refractivity contribution in [2.45, 2.75) is 6.04 Å². The quantitative estimate of drug-likeness (QED) is 0.749.